The lowest BCUT2D eigenvalue weighted by Gasteiger charge is -2.29. The van der Waals surface area contributed by atoms with Crippen molar-refractivity contribution in [2.45, 2.75) is 31.6 Å². The normalized spacial score (nSPS) is 19.7. The van der Waals surface area contributed by atoms with E-state index in [9.17, 15) is 8.42 Å². The van der Waals surface area contributed by atoms with Crippen LogP contribution in [0.4, 0.5) is 0 Å². The van der Waals surface area contributed by atoms with Crippen molar-refractivity contribution in [1.29, 1.82) is 0 Å². The van der Waals surface area contributed by atoms with E-state index in [1.54, 1.807) is 23.0 Å². The fourth-order valence-corrected chi connectivity index (χ4v) is 3.75. The van der Waals surface area contributed by atoms with Gasteiger partial charge >= 0.3 is 0 Å². The van der Waals surface area contributed by atoms with E-state index in [1.807, 2.05) is 0 Å². The minimum absolute atomic E-state index is 0.342. The van der Waals surface area contributed by atoms with E-state index < -0.39 is 10.0 Å². The van der Waals surface area contributed by atoms with Crippen molar-refractivity contribution in [3.05, 3.63) is 11.9 Å². The third-order valence-electron chi connectivity index (χ3n) is 3.55. The monoisotopic (exact) mass is 257 g/mol. The molecule has 1 aliphatic heterocycles. The van der Waals surface area contributed by atoms with E-state index in [1.165, 1.54) is 6.20 Å². The van der Waals surface area contributed by atoms with Crippen molar-refractivity contribution in [3.8, 4) is 0 Å². The molecule has 1 aromatic heterocycles. The van der Waals surface area contributed by atoms with Crippen molar-refractivity contribution in [1.82, 2.24) is 14.1 Å². The van der Waals surface area contributed by atoms with Gasteiger partial charge in [-0.3, -0.25) is 4.68 Å². The summed E-state index contributed by atoms with van der Waals surface area (Å²) in [6.07, 6.45) is 3.33. The molecule has 0 aliphatic carbocycles. The Morgan fingerprint density at radius 1 is 1.35 bits per heavy atom. The zero-order valence-corrected chi connectivity index (χ0v) is 11.4. The Balaban J connectivity index is 2.28. The molecule has 1 saturated heterocycles. The van der Waals surface area contributed by atoms with Gasteiger partial charge in [-0.05, 0) is 25.7 Å². The molecule has 0 atom stereocenters. The Bertz CT molecular complexity index is 499. The average molecular weight is 257 g/mol. The second-order valence-electron chi connectivity index (χ2n) is 4.80. The molecule has 17 heavy (non-hydrogen) atoms. The molecule has 1 aromatic rings. The molecule has 2 heterocycles. The highest BCUT2D eigenvalue weighted by Crippen LogP contribution is 2.24. The Kier molecular flexibility index (Phi) is 3.27. The van der Waals surface area contributed by atoms with Crippen LogP contribution in [0.3, 0.4) is 0 Å². The van der Waals surface area contributed by atoms with Gasteiger partial charge in [0, 0.05) is 20.1 Å². The van der Waals surface area contributed by atoms with Crippen LogP contribution in [0.1, 0.15) is 25.5 Å². The van der Waals surface area contributed by atoms with Crippen molar-refractivity contribution in [2.75, 3.05) is 13.1 Å². The fourth-order valence-electron chi connectivity index (χ4n) is 2.10. The molecule has 0 bridgehead atoms. The molecule has 96 valence electrons. The fraction of sp³-hybridized carbons (Fsp3) is 0.727. The number of hydrogen-bond acceptors (Lipinski definition) is 3. The van der Waals surface area contributed by atoms with Crippen LogP contribution < -0.4 is 0 Å². The van der Waals surface area contributed by atoms with Crippen LogP contribution >= 0.6 is 0 Å². The first-order valence-corrected chi connectivity index (χ1v) is 7.35. The molecular weight excluding hydrogens is 238 g/mol. The second-order valence-corrected chi connectivity index (χ2v) is 6.71. The van der Waals surface area contributed by atoms with Crippen LogP contribution in [-0.2, 0) is 17.1 Å². The summed E-state index contributed by atoms with van der Waals surface area (Å²) in [7, 11) is -1.59. The standard InChI is InChI=1S/C11H19N3O2S/c1-9-4-6-14(7-5-9)17(15,16)11-8-12-13(3)10(11)2/h8-9H,4-7H2,1-3H3. The third-order valence-corrected chi connectivity index (χ3v) is 5.55. The molecule has 2 rings (SSSR count). The lowest BCUT2D eigenvalue weighted by atomic mass is 10.0. The van der Waals surface area contributed by atoms with E-state index >= 15 is 0 Å². The highest BCUT2D eigenvalue weighted by molar-refractivity contribution is 7.89. The Morgan fingerprint density at radius 2 is 1.94 bits per heavy atom. The number of hydrogen-bond donors (Lipinski definition) is 0. The largest absolute Gasteiger partial charge is 0.272 e. The summed E-state index contributed by atoms with van der Waals surface area (Å²) in [5, 5.41) is 4.00. The number of nitrogens with zero attached hydrogens (tertiary/aromatic N) is 3. The Hall–Kier alpha value is -0.880. The van der Waals surface area contributed by atoms with E-state index in [0.29, 0.717) is 29.6 Å². The summed E-state index contributed by atoms with van der Waals surface area (Å²) in [5.41, 5.74) is 0.698. The molecule has 0 amide bonds. The van der Waals surface area contributed by atoms with Crippen LogP contribution in [0.5, 0.6) is 0 Å². The van der Waals surface area contributed by atoms with Crippen LogP contribution in [0.25, 0.3) is 0 Å². The van der Waals surface area contributed by atoms with Gasteiger partial charge < -0.3 is 0 Å². The summed E-state index contributed by atoms with van der Waals surface area (Å²) in [4.78, 5) is 0.342. The smallest absolute Gasteiger partial charge is 0.246 e. The zero-order valence-electron chi connectivity index (χ0n) is 10.5. The van der Waals surface area contributed by atoms with E-state index in [-0.39, 0.29) is 0 Å². The SMILES string of the molecule is Cc1c(S(=O)(=O)N2CCC(C)CC2)cnn1C. The molecule has 0 aromatic carbocycles. The number of sulfonamides is 1. The quantitative estimate of drug-likeness (QED) is 0.798. The first-order chi connectivity index (χ1) is 7.93. The van der Waals surface area contributed by atoms with Crippen molar-refractivity contribution in [2.24, 2.45) is 13.0 Å². The first-order valence-electron chi connectivity index (χ1n) is 5.91. The van der Waals surface area contributed by atoms with Gasteiger partial charge in [0.2, 0.25) is 10.0 Å². The molecule has 1 fully saturated rings. The molecule has 0 N–H and O–H groups in total. The molecule has 6 heteroatoms. The predicted octanol–water partition coefficient (Wildman–Crippen LogP) is 1.15. The molecule has 0 unspecified atom stereocenters. The van der Waals surface area contributed by atoms with Crippen LogP contribution in [-0.4, -0.2) is 35.6 Å². The maximum Gasteiger partial charge on any atom is 0.246 e. The summed E-state index contributed by atoms with van der Waals surface area (Å²) < 4.78 is 28.0. The summed E-state index contributed by atoms with van der Waals surface area (Å²) in [5.74, 6) is 0.622. The van der Waals surface area contributed by atoms with Crippen LogP contribution in [0.2, 0.25) is 0 Å². The van der Waals surface area contributed by atoms with Gasteiger partial charge in [-0.1, -0.05) is 6.92 Å². The van der Waals surface area contributed by atoms with E-state index in [4.69, 9.17) is 0 Å². The van der Waals surface area contributed by atoms with Crippen molar-refractivity contribution < 1.29 is 8.42 Å². The highest BCUT2D eigenvalue weighted by Gasteiger charge is 2.30. The maximum absolute atomic E-state index is 12.4. The Morgan fingerprint density at radius 3 is 2.41 bits per heavy atom. The van der Waals surface area contributed by atoms with Crippen LogP contribution in [0.15, 0.2) is 11.1 Å². The van der Waals surface area contributed by atoms with E-state index in [0.717, 1.165) is 12.8 Å². The lowest BCUT2D eigenvalue weighted by Crippen LogP contribution is -2.38. The lowest BCUT2D eigenvalue weighted by molar-refractivity contribution is 0.288. The highest BCUT2D eigenvalue weighted by atomic mass is 32.2. The molecule has 1 aliphatic rings. The van der Waals surface area contributed by atoms with Crippen molar-refractivity contribution >= 4 is 10.0 Å². The molecule has 0 radical (unpaired) electrons. The van der Waals surface area contributed by atoms with Gasteiger partial charge in [0.05, 0.1) is 11.9 Å². The molecule has 5 nitrogen and oxygen atoms in total. The average Bonchev–Trinajstić information content (AvgIpc) is 2.61. The number of piperidine rings is 1. The van der Waals surface area contributed by atoms with E-state index in [2.05, 4.69) is 12.0 Å². The molecular formula is C11H19N3O2S. The summed E-state index contributed by atoms with van der Waals surface area (Å²) >= 11 is 0. The number of aromatic nitrogens is 2. The molecule has 0 spiro atoms. The summed E-state index contributed by atoms with van der Waals surface area (Å²) in [6, 6.07) is 0. The van der Waals surface area contributed by atoms with Crippen LogP contribution in [0, 0.1) is 12.8 Å². The summed E-state index contributed by atoms with van der Waals surface area (Å²) in [6.45, 7) is 5.20. The van der Waals surface area contributed by atoms with Gasteiger partial charge in [0.25, 0.3) is 0 Å². The Labute approximate surface area is 102 Å². The van der Waals surface area contributed by atoms with Gasteiger partial charge in [0.15, 0.2) is 0 Å². The third kappa shape index (κ3) is 2.24. The van der Waals surface area contributed by atoms with Crippen molar-refractivity contribution in [3.63, 3.8) is 0 Å². The minimum atomic E-state index is -3.35. The zero-order chi connectivity index (χ0) is 12.6. The first kappa shape index (κ1) is 12.6. The topological polar surface area (TPSA) is 55.2 Å². The maximum atomic E-state index is 12.4. The van der Waals surface area contributed by atoms with Gasteiger partial charge in [-0.15, -0.1) is 0 Å². The van der Waals surface area contributed by atoms with Gasteiger partial charge in [0.1, 0.15) is 4.90 Å². The minimum Gasteiger partial charge on any atom is -0.272 e. The van der Waals surface area contributed by atoms with Gasteiger partial charge in [-0.25, -0.2) is 8.42 Å². The number of rotatable bonds is 2. The number of aryl methyl sites for hydroxylation is 1. The predicted molar refractivity (Wildman–Crippen MR) is 65.1 cm³/mol. The second kappa shape index (κ2) is 4.42. The van der Waals surface area contributed by atoms with Gasteiger partial charge in [-0.2, -0.15) is 9.40 Å². The molecule has 0 saturated carbocycles.